The lowest BCUT2D eigenvalue weighted by Gasteiger charge is -2.15. The van der Waals surface area contributed by atoms with Crippen molar-refractivity contribution >= 4 is 10.9 Å². The molecule has 0 bridgehead atoms. The lowest BCUT2D eigenvalue weighted by atomic mass is 10.1. The van der Waals surface area contributed by atoms with Crippen LogP contribution in [0.5, 0.6) is 11.5 Å². The average molecular weight is 295 g/mol. The number of ether oxygens (including phenoxy) is 1. The van der Waals surface area contributed by atoms with Gasteiger partial charge in [-0.15, -0.1) is 0 Å². The van der Waals surface area contributed by atoms with E-state index in [9.17, 15) is 5.11 Å². The quantitative estimate of drug-likeness (QED) is 0.749. The summed E-state index contributed by atoms with van der Waals surface area (Å²) < 4.78 is 8.16. The first-order valence-corrected chi connectivity index (χ1v) is 7.57. The highest BCUT2D eigenvalue weighted by Gasteiger charge is 2.13. The van der Waals surface area contributed by atoms with Gasteiger partial charge in [-0.1, -0.05) is 18.2 Å². The highest BCUT2D eigenvalue weighted by molar-refractivity contribution is 5.84. The van der Waals surface area contributed by atoms with Gasteiger partial charge in [-0.2, -0.15) is 0 Å². The second-order valence-corrected chi connectivity index (χ2v) is 5.89. The molecular weight excluding hydrogens is 274 g/mol. The van der Waals surface area contributed by atoms with Gasteiger partial charge in [0.05, 0.1) is 5.69 Å². The van der Waals surface area contributed by atoms with Crippen molar-refractivity contribution in [3.05, 3.63) is 59.8 Å². The zero-order valence-corrected chi connectivity index (χ0v) is 13.2. The number of fused-ring (bicyclic) bond motifs is 1. The standard InChI is InChI=1S/C19H21NO2/c1-13(2)20-15(10-18-14(3)6-4-9-19(18)20)12-22-17-8-5-7-16(21)11-17/h4-11,13,21H,12H2,1-3H3. The van der Waals surface area contributed by atoms with Crippen LogP contribution in [0.1, 0.15) is 31.1 Å². The number of aryl methyl sites for hydroxylation is 1. The first kappa shape index (κ1) is 14.5. The summed E-state index contributed by atoms with van der Waals surface area (Å²) in [5.41, 5.74) is 3.66. The summed E-state index contributed by atoms with van der Waals surface area (Å²) >= 11 is 0. The predicted octanol–water partition coefficient (Wildman–Crippen LogP) is 4.82. The van der Waals surface area contributed by atoms with E-state index in [0.717, 1.165) is 5.69 Å². The fourth-order valence-electron chi connectivity index (χ4n) is 2.91. The van der Waals surface area contributed by atoms with Gasteiger partial charge in [0.1, 0.15) is 18.1 Å². The summed E-state index contributed by atoms with van der Waals surface area (Å²) in [6, 6.07) is 15.9. The van der Waals surface area contributed by atoms with Crippen LogP contribution in [-0.2, 0) is 6.61 Å². The van der Waals surface area contributed by atoms with Crippen molar-refractivity contribution in [3.8, 4) is 11.5 Å². The van der Waals surface area contributed by atoms with Crippen molar-refractivity contribution < 1.29 is 9.84 Å². The molecule has 3 heteroatoms. The molecule has 0 aliphatic heterocycles. The molecule has 1 heterocycles. The van der Waals surface area contributed by atoms with Crippen LogP contribution in [0, 0.1) is 6.92 Å². The summed E-state index contributed by atoms with van der Waals surface area (Å²) in [6.45, 7) is 6.97. The summed E-state index contributed by atoms with van der Waals surface area (Å²) in [5.74, 6) is 0.898. The van der Waals surface area contributed by atoms with Crippen LogP contribution in [-0.4, -0.2) is 9.67 Å². The molecule has 0 radical (unpaired) electrons. The third-order valence-corrected chi connectivity index (χ3v) is 3.90. The maximum Gasteiger partial charge on any atom is 0.128 e. The van der Waals surface area contributed by atoms with Gasteiger partial charge in [0, 0.05) is 23.0 Å². The van der Waals surface area contributed by atoms with Crippen molar-refractivity contribution in [2.75, 3.05) is 0 Å². The zero-order valence-electron chi connectivity index (χ0n) is 13.2. The third kappa shape index (κ3) is 2.67. The Balaban J connectivity index is 1.96. The molecule has 0 fully saturated rings. The van der Waals surface area contributed by atoms with Gasteiger partial charge >= 0.3 is 0 Å². The summed E-state index contributed by atoms with van der Waals surface area (Å²) in [4.78, 5) is 0. The van der Waals surface area contributed by atoms with E-state index < -0.39 is 0 Å². The average Bonchev–Trinajstić information content (AvgIpc) is 2.85. The molecule has 2 aromatic carbocycles. The maximum absolute atomic E-state index is 9.52. The fourth-order valence-corrected chi connectivity index (χ4v) is 2.91. The van der Waals surface area contributed by atoms with Crippen molar-refractivity contribution in [1.29, 1.82) is 0 Å². The Morgan fingerprint density at radius 2 is 1.86 bits per heavy atom. The minimum Gasteiger partial charge on any atom is -0.508 e. The maximum atomic E-state index is 9.52. The number of phenols is 1. The Bertz CT molecular complexity index is 802. The second-order valence-electron chi connectivity index (χ2n) is 5.89. The third-order valence-electron chi connectivity index (χ3n) is 3.90. The molecule has 114 valence electrons. The van der Waals surface area contributed by atoms with Crippen LogP contribution >= 0.6 is 0 Å². The van der Waals surface area contributed by atoms with Crippen LogP contribution in [0.25, 0.3) is 10.9 Å². The number of nitrogens with zero attached hydrogens (tertiary/aromatic N) is 1. The molecule has 0 saturated carbocycles. The lowest BCUT2D eigenvalue weighted by molar-refractivity contribution is 0.291. The minimum atomic E-state index is 0.220. The van der Waals surface area contributed by atoms with E-state index in [0.29, 0.717) is 18.4 Å². The molecule has 1 N–H and O–H groups in total. The zero-order chi connectivity index (χ0) is 15.7. The molecule has 3 nitrogen and oxygen atoms in total. The van der Waals surface area contributed by atoms with Crippen molar-refractivity contribution in [2.24, 2.45) is 0 Å². The topological polar surface area (TPSA) is 34.4 Å². The Labute approximate surface area is 130 Å². The van der Waals surface area contributed by atoms with E-state index in [2.05, 4.69) is 49.6 Å². The molecule has 0 amide bonds. The number of phenolic OH excluding ortho intramolecular Hbond substituents is 1. The Kier molecular flexibility index (Phi) is 3.80. The van der Waals surface area contributed by atoms with Crippen LogP contribution < -0.4 is 4.74 Å². The number of rotatable bonds is 4. The lowest BCUT2D eigenvalue weighted by Crippen LogP contribution is -2.08. The Morgan fingerprint density at radius 3 is 2.59 bits per heavy atom. The van der Waals surface area contributed by atoms with Gasteiger partial charge in [0.2, 0.25) is 0 Å². The monoisotopic (exact) mass is 295 g/mol. The van der Waals surface area contributed by atoms with E-state index in [1.165, 1.54) is 16.5 Å². The van der Waals surface area contributed by atoms with E-state index >= 15 is 0 Å². The molecule has 0 aliphatic rings. The molecule has 0 atom stereocenters. The number of aromatic hydroxyl groups is 1. The smallest absolute Gasteiger partial charge is 0.128 e. The SMILES string of the molecule is Cc1cccc2c1cc(COc1cccc(O)c1)n2C(C)C. The van der Waals surface area contributed by atoms with Crippen LogP contribution in [0.2, 0.25) is 0 Å². The van der Waals surface area contributed by atoms with Gasteiger partial charge < -0.3 is 14.4 Å². The molecule has 0 spiro atoms. The van der Waals surface area contributed by atoms with E-state index in [1.807, 2.05) is 6.07 Å². The van der Waals surface area contributed by atoms with Crippen LogP contribution in [0.3, 0.4) is 0 Å². The van der Waals surface area contributed by atoms with Crippen molar-refractivity contribution in [1.82, 2.24) is 4.57 Å². The summed E-state index contributed by atoms with van der Waals surface area (Å²) in [7, 11) is 0. The summed E-state index contributed by atoms with van der Waals surface area (Å²) in [6.07, 6.45) is 0. The predicted molar refractivity (Wildman–Crippen MR) is 89.5 cm³/mol. The van der Waals surface area contributed by atoms with Gasteiger partial charge in [-0.25, -0.2) is 0 Å². The molecule has 3 rings (SSSR count). The van der Waals surface area contributed by atoms with Gasteiger partial charge in [0.25, 0.3) is 0 Å². The Morgan fingerprint density at radius 1 is 1.09 bits per heavy atom. The van der Waals surface area contributed by atoms with Crippen molar-refractivity contribution in [3.63, 3.8) is 0 Å². The molecule has 22 heavy (non-hydrogen) atoms. The van der Waals surface area contributed by atoms with Crippen molar-refractivity contribution in [2.45, 2.75) is 33.4 Å². The number of hydrogen-bond donors (Lipinski definition) is 1. The fraction of sp³-hybridized carbons (Fsp3) is 0.263. The highest BCUT2D eigenvalue weighted by Crippen LogP contribution is 2.28. The van der Waals surface area contributed by atoms with Crippen LogP contribution in [0.15, 0.2) is 48.5 Å². The Hall–Kier alpha value is -2.42. The normalized spacial score (nSPS) is 11.3. The molecule has 0 unspecified atom stereocenters. The van der Waals surface area contributed by atoms with E-state index in [1.54, 1.807) is 18.2 Å². The minimum absolute atomic E-state index is 0.220. The molecule has 0 aliphatic carbocycles. The first-order valence-electron chi connectivity index (χ1n) is 7.57. The second kappa shape index (κ2) is 5.76. The number of hydrogen-bond acceptors (Lipinski definition) is 2. The van der Waals surface area contributed by atoms with E-state index in [4.69, 9.17) is 4.74 Å². The first-order chi connectivity index (χ1) is 10.6. The highest BCUT2D eigenvalue weighted by atomic mass is 16.5. The van der Waals surface area contributed by atoms with Gasteiger partial charge in [-0.05, 0) is 50.6 Å². The number of aromatic nitrogens is 1. The summed E-state index contributed by atoms with van der Waals surface area (Å²) in [5, 5.41) is 10.8. The molecule has 3 aromatic rings. The largest absolute Gasteiger partial charge is 0.508 e. The molecular formula is C19H21NO2. The molecule has 1 aromatic heterocycles. The van der Waals surface area contributed by atoms with Gasteiger partial charge in [-0.3, -0.25) is 0 Å². The number of benzene rings is 2. The van der Waals surface area contributed by atoms with Gasteiger partial charge in [0.15, 0.2) is 0 Å². The van der Waals surface area contributed by atoms with E-state index in [-0.39, 0.29) is 5.75 Å². The molecule has 0 saturated heterocycles. The van der Waals surface area contributed by atoms with Crippen LogP contribution in [0.4, 0.5) is 0 Å².